The van der Waals surface area contributed by atoms with Gasteiger partial charge in [0.05, 0.1) is 23.9 Å². The monoisotopic (exact) mass is 352 g/mol. The zero-order valence-corrected chi connectivity index (χ0v) is 14.6. The van der Waals surface area contributed by atoms with Gasteiger partial charge in [0, 0.05) is 11.3 Å². The molecule has 2 N–H and O–H groups in total. The maximum absolute atomic E-state index is 12.8. The highest BCUT2D eigenvalue weighted by molar-refractivity contribution is 6.03. The van der Waals surface area contributed by atoms with E-state index in [1.165, 1.54) is 11.0 Å². The smallest absolute Gasteiger partial charge is 0.338 e. The highest BCUT2D eigenvalue weighted by Crippen LogP contribution is 2.36. The van der Waals surface area contributed by atoms with E-state index >= 15 is 0 Å². The van der Waals surface area contributed by atoms with E-state index in [0.717, 1.165) is 0 Å². The number of hydrogen-bond acceptors (Lipinski definition) is 4. The van der Waals surface area contributed by atoms with Crippen LogP contribution in [-0.4, -0.2) is 23.7 Å². The molecule has 6 nitrogen and oxygen atoms in total. The van der Waals surface area contributed by atoms with Gasteiger partial charge in [0.15, 0.2) is 0 Å². The lowest BCUT2D eigenvalue weighted by atomic mass is 9.94. The summed E-state index contributed by atoms with van der Waals surface area (Å²) in [5.41, 5.74) is 1.83. The first-order valence-corrected chi connectivity index (χ1v) is 8.36. The Morgan fingerprint density at radius 1 is 1.15 bits per heavy atom. The highest BCUT2D eigenvalue weighted by Gasteiger charge is 2.38. The molecule has 2 aromatic rings. The molecule has 6 heteroatoms. The van der Waals surface area contributed by atoms with Crippen LogP contribution in [0.2, 0.25) is 0 Å². The summed E-state index contributed by atoms with van der Waals surface area (Å²) in [7, 11) is 0. The molecule has 0 aromatic heterocycles. The second kappa shape index (κ2) is 7.31. The van der Waals surface area contributed by atoms with Crippen LogP contribution in [-0.2, 0) is 9.53 Å². The number of benzene rings is 2. The van der Waals surface area contributed by atoms with Crippen molar-refractivity contribution in [2.24, 2.45) is 0 Å². The van der Waals surface area contributed by atoms with E-state index in [1.807, 2.05) is 18.2 Å². The highest BCUT2D eigenvalue weighted by atomic mass is 16.5. The Morgan fingerprint density at radius 3 is 2.46 bits per heavy atom. The number of carbonyl (C=O) groups excluding carboxylic acids is 2. The van der Waals surface area contributed by atoms with Gasteiger partial charge in [0.2, 0.25) is 0 Å². The Hall–Kier alpha value is -3.28. The topological polar surface area (TPSA) is 78.9 Å². The van der Waals surface area contributed by atoms with Gasteiger partial charge in [-0.25, -0.2) is 9.59 Å². The summed E-state index contributed by atoms with van der Waals surface area (Å²) in [5, 5.41) is 13.0. The van der Waals surface area contributed by atoms with Crippen LogP contribution in [0, 0.1) is 0 Å². The number of ether oxygens (including phenoxy) is 1. The fraction of sp³-hybridized carbons (Fsp3) is 0.200. The summed E-state index contributed by atoms with van der Waals surface area (Å²) in [6.07, 6.45) is 0. The fourth-order valence-electron chi connectivity index (χ4n) is 3.07. The second-order valence-corrected chi connectivity index (χ2v) is 5.83. The van der Waals surface area contributed by atoms with Crippen LogP contribution in [0.1, 0.15) is 25.5 Å². The van der Waals surface area contributed by atoms with E-state index in [-0.39, 0.29) is 24.0 Å². The maximum Gasteiger partial charge on any atom is 0.338 e. The number of hydrogen-bond donors (Lipinski definition) is 2. The summed E-state index contributed by atoms with van der Waals surface area (Å²) in [5.74, 6) is -0.528. The lowest BCUT2D eigenvalue weighted by Gasteiger charge is -2.35. The molecular formula is C20H20N2O4. The number of anilines is 1. The van der Waals surface area contributed by atoms with Gasteiger partial charge in [-0.3, -0.25) is 4.90 Å². The van der Waals surface area contributed by atoms with Gasteiger partial charge in [-0.1, -0.05) is 36.4 Å². The van der Waals surface area contributed by atoms with E-state index in [2.05, 4.69) is 5.32 Å². The first-order valence-electron chi connectivity index (χ1n) is 8.36. The molecule has 134 valence electrons. The standard InChI is InChI=1S/C20H20N2O4/c1-3-26-19(24)17-13(2)22(14-9-5-4-6-10-14)20(25)21-18(17)15-11-7-8-12-16(15)23/h4-12,18,23H,3H2,1-2H3,(H,21,25). The molecule has 2 aromatic carbocycles. The molecule has 0 radical (unpaired) electrons. The summed E-state index contributed by atoms with van der Waals surface area (Å²) in [4.78, 5) is 26.9. The molecule has 3 rings (SSSR count). The molecule has 1 aliphatic rings. The summed E-state index contributed by atoms with van der Waals surface area (Å²) in [6, 6.07) is 14.5. The van der Waals surface area contributed by atoms with Crippen LogP contribution in [0.15, 0.2) is 65.9 Å². The van der Waals surface area contributed by atoms with Gasteiger partial charge < -0.3 is 15.2 Å². The SMILES string of the molecule is CCOC(=O)C1=C(C)N(c2ccccc2)C(=O)NC1c1ccccc1O. The van der Waals surface area contributed by atoms with E-state index in [1.54, 1.807) is 44.2 Å². The first kappa shape index (κ1) is 17.5. The zero-order chi connectivity index (χ0) is 18.7. The summed E-state index contributed by atoms with van der Waals surface area (Å²) in [6.45, 7) is 3.63. The number of phenolic OH excluding ortho intramolecular Hbond substituents is 1. The van der Waals surface area contributed by atoms with Crippen LogP contribution in [0.5, 0.6) is 5.75 Å². The minimum absolute atomic E-state index is 0.000518. The molecule has 0 spiro atoms. The number of nitrogens with zero attached hydrogens (tertiary/aromatic N) is 1. The van der Waals surface area contributed by atoms with Crippen LogP contribution in [0.25, 0.3) is 0 Å². The quantitative estimate of drug-likeness (QED) is 0.826. The maximum atomic E-state index is 12.8. The molecule has 0 fully saturated rings. The van der Waals surface area contributed by atoms with Crippen molar-refractivity contribution in [2.75, 3.05) is 11.5 Å². The molecule has 2 amide bonds. The largest absolute Gasteiger partial charge is 0.508 e. The predicted molar refractivity (Wildman–Crippen MR) is 97.6 cm³/mol. The molecule has 0 saturated heterocycles. The van der Waals surface area contributed by atoms with Gasteiger partial charge in [0.1, 0.15) is 5.75 Å². The Bertz CT molecular complexity index is 861. The number of para-hydroxylation sites is 2. The van der Waals surface area contributed by atoms with E-state index in [0.29, 0.717) is 16.9 Å². The number of nitrogens with one attached hydrogen (secondary N) is 1. The number of phenols is 1. The first-order chi connectivity index (χ1) is 12.5. The zero-order valence-electron chi connectivity index (χ0n) is 14.6. The second-order valence-electron chi connectivity index (χ2n) is 5.83. The van der Waals surface area contributed by atoms with Gasteiger partial charge in [-0.15, -0.1) is 0 Å². The van der Waals surface area contributed by atoms with Crippen molar-refractivity contribution in [1.82, 2.24) is 5.32 Å². The van der Waals surface area contributed by atoms with E-state index in [9.17, 15) is 14.7 Å². The molecular weight excluding hydrogens is 332 g/mol. The molecule has 1 unspecified atom stereocenters. The number of rotatable bonds is 4. The van der Waals surface area contributed by atoms with Gasteiger partial charge >= 0.3 is 12.0 Å². The van der Waals surface area contributed by atoms with Crippen LogP contribution < -0.4 is 10.2 Å². The lowest BCUT2D eigenvalue weighted by molar-refractivity contribution is -0.139. The predicted octanol–water partition coefficient (Wildman–Crippen LogP) is 3.50. The van der Waals surface area contributed by atoms with Crippen LogP contribution in [0.3, 0.4) is 0 Å². The molecule has 1 atom stereocenters. The van der Waals surface area contributed by atoms with Gasteiger partial charge in [-0.2, -0.15) is 0 Å². The average Bonchev–Trinajstić information content (AvgIpc) is 2.62. The van der Waals surface area contributed by atoms with E-state index < -0.39 is 12.0 Å². The Morgan fingerprint density at radius 2 is 1.81 bits per heavy atom. The Kier molecular flexibility index (Phi) is 4.93. The Balaban J connectivity index is 2.15. The normalized spacial score (nSPS) is 17.1. The summed E-state index contributed by atoms with van der Waals surface area (Å²) >= 11 is 0. The summed E-state index contributed by atoms with van der Waals surface area (Å²) < 4.78 is 5.21. The van der Waals surface area contributed by atoms with Crippen molar-refractivity contribution in [3.05, 3.63) is 71.4 Å². The van der Waals surface area contributed by atoms with Crippen molar-refractivity contribution in [1.29, 1.82) is 0 Å². The van der Waals surface area contributed by atoms with Gasteiger partial charge in [0.25, 0.3) is 0 Å². The third-order valence-corrected chi connectivity index (χ3v) is 4.24. The molecule has 0 saturated carbocycles. The minimum Gasteiger partial charge on any atom is -0.508 e. The number of aromatic hydroxyl groups is 1. The van der Waals surface area contributed by atoms with Crippen molar-refractivity contribution < 1.29 is 19.4 Å². The van der Waals surface area contributed by atoms with E-state index in [4.69, 9.17) is 4.74 Å². The third kappa shape index (κ3) is 3.13. The number of allylic oxidation sites excluding steroid dienone is 1. The molecule has 1 aliphatic heterocycles. The van der Waals surface area contributed by atoms with Crippen molar-refractivity contribution in [2.45, 2.75) is 19.9 Å². The number of esters is 1. The van der Waals surface area contributed by atoms with Crippen LogP contribution >= 0.6 is 0 Å². The fourth-order valence-corrected chi connectivity index (χ4v) is 3.07. The number of urea groups is 1. The minimum atomic E-state index is -0.789. The Labute approximate surface area is 151 Å². The molecule has 26 heavy (non-hydrogen) atoms. The van der Waals surface area contributed by atoms with Crippen molar-refractivity contribution in [3.8, 4) is 5.75 Å². The number of carbonyl (C=O) groups is 2. The van der Waals surface area contributed by atoms with Crippen molar-refractivity contribution in [3.63, 3.8) is 0 Å². The third-order valence-electron chi connectivity index (χ3n) is 4.24. The molecule has 0 aliphatic carbocycles. The molecule has 1 heterocycles. The average molecular weight is 352 g/mol. The number of amides is 2. The van der Waals surface area contributed by atoms with Gasteiger partial charge in [-0.05, 0) is 32.0 Å². The lowest BCUT2D eigenvalue weighted by Crippen LogP contribution is -2.48. The van der Waals surface area contributed by atoms with Crippen LogP contribution in [0.4, 0.5) is 10.5 Å². The van der Waals surface area contributed by atoms with Crippen molar-refractivity contribution >= 4 is 17.7 Å². The molecule has 0 bridgehead atoms.